The van der Waals surface area contributed by atoms with Crippen LogP contribution in [0, 0.1) is 0 Å². The lowest BCUT2D eigenvalue weighted by atomic mass is 9.97. The fourth-order valence-electron chi connectivity index (χ4n) is 3.13. The van der Waals surface area contributed by atoms with Crippen LogP contribution in [0.5, 0.6) is 0 Å². The van der Waals surface area contributed by atoms with Crippen LogP contribution < -0.4 is 11.1 Å². The van der Waals surface area contributed by atoms with Gasteiger partial charge in [-0.25, -0.2) is 4.98 Å². The van der Waals surface area contributed by atoms with Gasteiger partial charge in [0.25, 0.3) is 0 Å². The molecule has 0 unspecified atom stereocenters. The Morgan fingerprint density at radius 2 is 1.54 bits per heavy atom. The Bertz CT molecular complexity index is 1050. The van der Waals surface area contributed by atoms with Crippen LogP contribution in [-0.4, -0.2) is 21.5 Å². The molecule has 2 aromatic carbocycles. The van der Waals surface area contributed by atoms with Crippen molar-refractivity contribution in [2.24, 2.45) is 0 Å². The van der Waals surface area contributed by atoms with Gasteiger partial charge >= 0.3 is 0 Å². The first kappa shape index (κ1) is 17.7. The molecule has 0 bridgehead atoms. The van der Waals surface area contributed by atoms with Crippen molar-refractivity contribution in [3.05, 3.63) is 90.8 Å². The van der Waals surface area contributed by atoms with Crippen LogP contribution in [0.2, 0.25) is 0 Å². The maximum atomic E-state index is 5.99. The normalized spacial score (nSPS) is 10.6. The summed E-state index contributed by atoms with van der Waals surface area (Å²) < 4.78 is 0. The van der Waals surface area contributed by atoms with Crippen LogP contribution in [0.15, 0.2) is 85.1 Å². The minimum absolute atomic E-state index is 0.251. The number of nitrogen functional groups attached to an aromatic ring is 1. The fourth-order valence-corrected chi connectivity index (χ4v) is 3.13. The number of pyridine rings is 1. The zero-order valence-corrected chi connectivity index (χ0v) is 15.4. The SMILES string of the molecule is Nc1nc(NCCc2ccccn2)cc(-c2ccccc2-c2ccccc2)n1. The van der Waals surface area contributed by atoms with Crippen molar-refractivity contribution < 1.29 is 0 Å². The van der Waals surface area contributed by atoms with Crippen molar-refractivity contribution >= 4 is 11.8 Å². The van der Waals surface area contributed by atoms with E-state index < -0.39 is 0 Å². The number of benzene rings is 2. The molecule has 0 fully saturated rings. The number of nitrogens with two attached hydrogens (primary N) is 1. The lowest BCUT2D eigenvalue weighted by Gasteiger charge is -2.12. The van der Waals surface area contributed by atoms with Gasteiger partial charge in [-0.2, -0.15) is 4.98 Å². The van der Waals surface area contributed by atoms with Gasteiger partial charge < -0.3 is 11.1 Å². The molecule has 4 aromatic rings. The van der Waals surface area contributed by atoms with Crippen molar-refractivity contribution in [2.75, 3.05) is 17.6 Å². The largest absolute Gasteiger partial charge is 0.369 e. The molecule has 0 aliphatic rings. The molecule has 3 N–H and O–H groups in total. The Labute approximate surface area is 164 Å². The number of hydrogen-bond acceptors (Lipinski definition) is 5. The Balaban J connectivity index is 1.60. The van der Waals surface area contributed by atoms with E-state index in [4.69, 9.17) is 5.73 Å². The zero-order chi connectivity index (χ0) is 19.2. The lowest BCUT2D eigenvalue weighted by molar-refractivity contribution is 0.952. The lowest BCUT2D eigenvalue weighted by Crippen LogP contribution is -2.09. The number of hydrogen-bond donors (Lipinski definition) is 2. The highest BCUT2D eigenvalue weighted by molar-refractivity contribution is 5.82. The number of aromatic nitrogens is 3. The Morgan fingerprint density at radius 1 is 0.786 bits per heavy atom. The summed E-state index contributed by atoms with van der Waals surface area (Å²) >= 11 is 0. The molecular formula is C23H21N5. The molecule has 5 nitrogen and oxygen atoms in total. The second-order valence-corrected chi connectivity index (χ2v) is 6.41. The van der Waals surface area contributed by atoms with Gasteiger partial charge in [0.15, 0.2) is 0 Å². The quantitative estimate of drug-likeness (QED) is 0.527. The molecule has 0 saturated heterocycles. The highest BCUT2D eigenvalue weighted by Crippen LogP contribution is 2.31. The first-order valence-electron chi connectivity index (χ1n) is 9.23. The number of rotatable bonds is 6. The molecule has 2 heterocycles. The maximum Gasteiger partial charge on any atom is 0.222 e. The summed E-state index contributed by atoms with van der Waals surface area (Å²) in [6, 6.07) is 26.3. The van der Waals surface area contributed by atoms with Crippen LogP contribution in [-0.2, 0) is 6.42 Å². The van der Waals surface area contributed by atoms with E-state index in [0.29, 0.717) is 12.4 Å². The monoisotopic (exact) mass is 367 g/mol. The van der Waals surface area contributed by atoms with E-state index in [2.05, 4.69) is 44.5 Å². The van der Waals surface area contributed by atoms with E-state index in [1.807, 2.05) is 54.6 Å². The second-order valence-electron chi connectivity index (χ2n) is 6.41. The molecule has 5 heteroatoms. The minimum atomic E-state index is 0.251. The van der Waals surface area contributed by atoms with Crippen molar-refractivity contribution in [2.45, 2.75) is 6.42 Å². The molecule has 138 valence electrons. The Morgan fingerprint density at radius 3 is 2.32 bits per heavy atom. The van der Waals surface area contributed by atoms with E-state index >= 15 is 0 Å². The van der Waals surface area contributed by atoms with Crippen LogP contribution in [0.3, 0.4) is 0 Å². The molecule has 2 aromatic heterocycles. The molecular weight excluding hydrogens is 346 g/mol. The topological polar surface area (TPSA) is 76.7 Å². The van der Waals surface area contributed by atoms with E-state index in [9.17, 15) is 0 Å². The van der Waals surface area contributed by atoms with Gasteiger partial charge in [-0.3, -0.25) is 4.98 Å². The summed E-state index contributed by atoms with van der Waals surface area (Å²) in [6.07, 6.45) is 2.61. The summed E-state index contributed by atoms with van der Waals surface area (Å²) in [5.74, 6) is 0.960. The van der Waals surface area contributed by atoms with Gasteiger partial charge in [0.05, 0.1) is 5.69 Å². The highest BCUT2D eigenvalue weighted by Gasteiger charge is 2.10. The van der Waals surface area contributed by atoms with E-state index in [1.54, 1.807) is 6.20 Å². The third kappa shape index (κ3) is 4.15. The van der Waals surface area contributed by atoms with Gasteiger partial charge in [0.1, 0.15) is 5.82 Å². The average Bonchev–Trinajstić information content (AvgIpc) is 2.75. The summed E-state index contributed by atoms with van der Waals surface area (Å²) in [6.45, 7) is 0.716. The molecule has 0 saturated carbocycles. The minimum Gasteiger partial charge on any atom is -0.369 e. The van der Waals surface area contributed by atoms with Crippen LogP contribution in [0.4, 0.5) is 11.8 Å². The molecule has 0 aliphatic carbocycles. The van der Waals surface area contributed by atoms with Gasteiger partial charge in [-0.1, -0.05) is 60.7 Å². The highest BCUT2D eigenvalue weighted by atomic mass is 15.1. The number of nitrogens with one attached hydrogen (secondary N) is 1. The van der Waals surface area contributed by atoms with E-state index in [0.717, 1.165) is 34.5 Å². The molecule has 28 heavy (non-hydrogen) atoms. The summed E-state index contributed by atoms with van der Waals surface area (Å²) in [4.78, 5) is 13.1. The predicted octanol–water partition coefficient (Wildman–Crippen LogP) is 4.44. The average molecular weight is 367 g/mol. The molecule has 0 aliphatic heterocycles. The summed E-state index contributed by atoms with van der Waals surface area (Å²) in [7, 11) is 0. The Hall–Kier alpha value is -3.73. The van der Waals surface area contributed by atoms with Gasteiger partial charge in [0, 0.05) is 36.5 Å². The van der Waals surface area contributed by atoms with Crippen molar-refractivity contribution in [3.63, 3.8) is 0 Å². The smallest absolute Gasteiger partial charge is 0.222 e. The maximum absolute atomic E-state index is 5.99. The number of anilines is 2. The molecule has 0 radical (unpaired) electrons. The molecule has 4 rings (SSSR count). The van der Waals surface area contributed by atoms with E-state index in [1.165, 1.54) is 0 Å². The van der Waals surface area contributed by atoms with Crippen LogP contribution in [0.1, 0.15) is 5.69 Å². The van der Waals surface area contributed by atoms with Gasteiger partial charge in [-0.15, -0.1) is 0 Å². The number of nitrogens with zero attached hydrogens (tertiary/aromatic N) is 3. The van der Waals surface area contributed by atoms with Crippen LogP contribution in [0.25, 0.3) is 22.4 Å². The first-order valence-corrected chi connectivity index (χ1v) is 9.23. The first-order chi connectivity index (χ1) is 13.8. The van der Waals surface area contributed by atoms with Crippen molar-refractivity contribution in [1.82, 2.24) is 15.0 Å². The second kappa shape index (κ2) is 8.31. The zero-order valence-electron chi connectivity index (χ0n) is 15.4. The fraction of sp³-hybridized carbons (Fsp3) is 0.0870. The van der Waals surface area contributed by atoms with Gasteiger partial charge in [0.2, 0.25) is 5.95 Å². The van der Waals surface area contributed by atoms with Crippen molar-refractivity contribution in [1.29, 1.82) is 0 Å². The third-order valence-corrected chi connectivity index (χ3v) is 4.44. The molecule has 0 atom stereocenters. The van der Waals surface area contributed by atoms with Crippen molar-refractivity contribution in [3.8, 4) is 22.4 Å². The predicted molar refractivity (Wildman–Crippen MR) is 114 cm³/mol. The summed E-state index contributed by atoms with van der Waals surface area (Å²) in [5, 5.41) is 3.33. The molecule has 0 spiro atoms. The standard InChI is InChI=1S/C23H21N5/c24-23-27-21(16-22(28-23)26-15-13-18-10-6-7-14-25-18)20-12-5-4-11-19(20)17-8-2-1-3-9-17/h1-12,14,16H,13,15H2,(H3,24,26,27,28). The van der Waals surface area contributed by atoms with Gasteiger partial charge in [-0.05, 0) is 23.3 Å². The van der Waals surface area contributed by atoms with Crippen LogP contribution >= 0.6 is 0 Å². The van der Waals surface area contributed by atoms with E-state index in [-0.39, 0.29) is 5.95 Å². The molecule has 0 amide bonds. The summed E-state index contributed by atoms with van der Waals surface area (Å²) in [5.41, 5.74) is 11.1. The Kier molecular flexibility index (Phi) is 5.24. The third-order valence-electron chi connectivity index (χ3n) is 4.44.